The van der Waals surface area contributed by atoms with Crippen molar-refractivity contribution in [2.75, 3.05) is 7.11 Å². The zero-order chi connectivity index (χ0) is 13.8. The van der Waals surface area contributed by atoms with Gasteiger partial charge in [0.25, 0.3) is 0 Å². The Kier molecular flexibility index (Phi) is 4.56. The molecule has 1 aromatic heterocycles. The number of carbonyl (C=O) groups is 1. The minimum absolute atomic E-state index is 0.313. The number of rotatable bonds is 5. The molecule has 3 nitrogen and oxygen atoms in total. The third-order valence-corrected chi connectivity index (χ3v) is 4.11. The Morgan fingerprint density at radius 2 is 2.05 bits per heavy atom. The largest absolute Gasteiger partial charge is 0.496 e. The summed E-state index contributed by atoms with van der Waals surface area (Å²) in [5, 5.41) is 0. The van der Waals surface area contributed by atoms with Crippen LogP contribution in [0.5, 0.6) is 5.75 Å². The summed E-state index contributed by atoms with van der Waals surface area (Å²) in [5.74, 6) is 1.78. The van der Waals surface area contributed by atoms with E-state index < -0.39 is 0 Å². The molecule has 0 radical (unpaired) electrons. The lowest BCUT2D eigenvalue weighted by molar-refractivity contribution is -0.119. The van der Waals surface area contributed by atoms with Crippen molar-refractivity contribution in [1.29, 1.82) is 0 Å². The second-order valence-electron chi connectivity index (χ2n) is 5.62. The van der Waals surface area contributed by atoms with E-state index in [0.717, 1.165) is 29.0 Å². The third-order valence-electron chi connectivity index (χ3n) is 4.11. The summed E-state index contributed by atoms with van der Waals surface area (Å²) in [4.78, 5) is 16.5. The maximum atomic E-state index is 12.1. The van der Waals surface area contributed by atoms with Crippen molar-refractivity contribution in [2.24, 2.45) is 5.92 Å². The van der Waals surface area contributed by atoms with Gasteiger partial charge in [0.05, 0.1) is 12.8 Å². The van der Waals surface area contributed by atoms with Crippen LogP contribution >= 0.6 is 0 Å². The minimum atomic E-state index is 0.313. The highest BCUT2D eigenvalue weighted by Crippen LogP contribution is 2.29. The molecule has 1 aliphatic carbocycles. The lowest BCUT2D eigenvalue weighted by Crippen LogP contribution is -2.11. The third kappa shape index (κ3) is 3.34. The Bertz CT molecular complexity index is 462. The molecule has 1 saturated carbocycles. The molecule has 0 aliphatic heterocycles. The first-order valence-electron chi connectivity index (χ1n) is 7.12. The highest BCUT2D eigenvalue weighted by molar-refractivity contribution is 5.81. The van der Waals surface area contributed by atoms with Crippen LogP contribution in [0.3, 0.4) is 0 Å². The molecule has 1 aromatic rings. The van der Waals surface area contributed by atoms with Gasteiger partial charge in [0.15, 0.2) is 0 Å². The first-order chi connectivity index (χ1) is 9.11. The first kappa shape index (κ1) is 14.0. The van der Waals surface area contributed by atoms with Crippen LogP contribution in [0.1, 0.15) is 48.9 Å². The summed E-state index contributed by atoms with van der Waals surface area (Å²) in [5.41, 5.74) is 2.89. The fourth-order valence-corrected chi connectivity index (χ4v) is 3.04. The number of pyridine rings is 1. The molecule has 1 aliphatic rings. The molecule has 1 fully saturated rings. The summed E-state index contributed by atoms with van der Waals surface area (Å²) in [6, 6.07) is 0. The molecule has 0 bridgehead atoms. The van der Waals surface area contributed by atoms with Crippen molar-refractivity contribution in [2.45, 2.75) is 52.4 Å². The Morgan fingerprint density at radius 1 is 1.37 bits per heavy atom. The number of nitrogens with zero attached hydrogens (tertiary/aromatic N) is 1. The van der Waals surface area contributed by atoms with Crippen LogP contribution in [0.25, 0.3) is 0 Å². The minimum Gasteiger partial charge on any atom is -0.496 e. The number of aryl methyl sites for hydroxylation is 1. The van der Waals surface area contributed by atoms with Crippen molar-refractivity contribution in [3.8, 4) is 5.75 Å². The van der Waals surface area contributed by atoms with Crippen molar-refractivity contribution in [1.82, 2.24) is 4.98 Å². The number of ether oxygens (including phenoxy) is 1. The zero-order valence-electron chi connectivity index (χ0n) is 12.2. The topological polar surface area (TPSA) is 39.2 Å². The lowest BCUT2D eigenvalue weighted by Gasteiger charge is -2.12. The van der Waals surface area contributed by atoms with E-state index in [-0.39, 0.29) is 0 Å². The summed E-state index contributed by atoms with van der Waals surface area (Å²) < 4.78 is 5.38. The summed E-state index contributed by atoms with van der Waals surface area (Å²) in [6.07, 6.45) is 7.96. The zero-order valence-corrected chi connectivity index (χ0v) is 12.2. The molecular formula is C16H23NO2. The number of carbonyl (C=O) groups excluding carboxylic acids is 1. The van der Waals surface area contributed by atoms with Crippen LogP contribution in [-0.4, -0.2) is 17.9 Å². The van der Waals surface area contributed by atoms with Crippen LogP contribution in [0.15, 0.2) is 6.20 Å². The van der Waals surface area contributed by atoms with E-state index in [9.17, 15) is 4.79 Å². The Morgan fingerprint density at radius 3 is 2.68 bits per heavy atom. The van der Waals surface area contributed by atoms with Gasteiger partial charge in [0.2, 0.25) is 0 Å². The lowest BCUT2D eigenvalue weighted by atomic mass is 9.97. The molecule has 0 saturated heterocycles. The second-order valence-corrected chi connectivity index (χ2v) is 5.62. The van der Waals surface area contributed by atoms with E-state index in [1.54, 1.807) is 13.3 Å². The molecular weight excluding hydrogens is 238 g/mol. The Balaban J connectivity index is 2.04. The van der Waals surface area contributed by atoms with Gasteiger partial charge >= 0.3 is 0 Å². The Labute approximate surface area is 115 Å². The van der Waals surface area contributed by atoms with E-state index in [2.05, 4.69) is 4.98 Å². The highest BCUT2D eigenvalue weighted by atomic mass is 16.5. The van der Waals surface area contributed by atoms with Crippen LogP contribution in [0, 0.1) is 19.8 Å². The fraction of sp³-hybridized carbons (Fsp3) is 0.625. The molecule has 0 aromatic carbocycles. The molecule has 0 atom stereocenters. The van der Waals surface area contributed by atoms with Crippen LogP contribution in [0.2, 0.25) is 0 Å². The molecule has 0 amide bonds. The van der Waals surface area contributed by atoms with Crippen molar-refractivity contribution >= 4 is 5.78 Å². The van der Waals surface area contributed by atoms with E-state index in [1.807, 2.05) is 13.8 Å². The number of methoxy groups -OCH3 is 1. The smallest absolute Gasteiger partial charge is 0.139 e. The van der Waals surface area contributed by atoms with Crippen LogP contribution in [0.4, 0.5) is 0 Å². The molecule has 0 spiro atoms. The number of hydrogen-bond acceptors (Lipinski definition) is 3. The highest BCUT2D eigenvalue weighted by Gasteiger charge is 2.20. The maximum Gasteiger partial charge on any atom is 0.139 e. The van der Waals surface area contributed by atoms with Crippen LogP contribution in [-0.2, 0) is 11.2 Å². The number of hydrogen-bond donors (Lipinski definition) is 0. The van der Waals surface area contributed by atoms with Gasteiger partial charge in [0.1, 0.15) is 11.5 Å². The van der Waals surface area contributed by atoms with Gasteiger partial charge in [-0.25, -0.2) is 0 Å². The normalized spacial score (nSPS) is 15.7. The first-order valence-corrected chi connectivity index (χ1v) is 7.12. The average molecular weight is 261 g/mol. The van der Waals surface area contributed by atoms with Crippen LogP contribution < -0.4 is 4.74 Å². The van der Waals surface area contributed by atoms with E-state index in [0.29, 0.717) is 18.1 Å². The molecule has 1 heterocycles. The van der Waals surface area contributed by atoms with Crippen molar-refractivity contribution in [3.05, 3.63) is 23.0 Å². The van der Waals surface area contributed by atoms with Gasteiger partial charge in [-0.1, -0.05) is 25.7 Å². The van der Waals surface area contributed by atoms with Gasteiger partial charge in [-0.15, -0.1) is 0 Å². The average Bonchev–Trinajstić information content (AvgIpc) is 2.86. The monoisotopic (exact) mass is 261 g/mol. The van der Waals surface area contributed by atoms with Crippen molar-refractivity contribution < 1.29 is 9.53 Å². The van der Waals surface area contributed by atoms with Gasteiger partial charge in [-0.05, 0) is 19.8 Å². The Hall–Kier alpha value is -1.38. The summed E-state index contributed by atoms with van der Waals surface area (Å²) >= 11 is 0. The van der Waals surface area contributed by atoms with Gasteiger partial charge in [-0.2, -0.15) is 0 Å². The number of ketones is 1. The maximum absolute atomic E-state index is 12.1. The molecule has 0 unspecified atom stereocenters. The predicted octanol–water partition coefficient (Wildman–Crippen LogP) is 3.40. The van der Waals surface area contributed by atoms with Gasteiger partial charge in [-0.3, -0.25) is 9.78 Å². The fourth-order valence-electron chi connectivity index (χ4n) is 3.04. The molecule has 19 heavy (non-hydrogen) atoms. The predicted molar refractivity (Wildman–Crippen MR) is 75.5 cm³/mol. The summed E-state index contributed by atoms with van der Waals surface area (Å²) in [6.45, 7) is 3.96. The van der Waals surface area contributed by atoms with E-state index in [4.69, 9.17) is 4.74 Å². The number of aromatic nitrogens is 1. The number of Topliss-reactive ketones (excluding diaryl/α,β-unsaturated/α-hetero) is 1. The van der Waals surface area contributed by atoms with E-state index in [1.165, 1.54) is 25.7 Å². The molecule has 3 heteroatoms. The standard InChI is InChI=1S/C16H23NO2/c1-11-10-17-15(12(2)16(11)19-3)9-14(18)8-13-6-4-5-7-13/h10,13H,4-9H2,1-3H3. The van der Waals surface area contributed by atoms with E-state index >= 15 is 0 Å². The quantitative estimate of drug-likeness (QED) is 0.815. The molecule has 0 N–H and O–H groups in total. The summed E-state index contributed by atoms with van der Waals surface area (Å²) in [7, 11) is 1.67. The molecule has 2 rings (SSSR count). The molecule has 104 valence electrons. The van der Waals surface area contributed by atoms with Gasteiger partial charge < -0.3 is 4.74 Å². The van der Waals surface area contributed by atoms with Gasteiger partial charge in [0, 0.05) is 30.2 Å². The van der Waals surface area contributed by atoms with Crippen molar-refractivity contribution in [3.63, 3.8) is 0 Å². The second kappa shape index (κ2) is 6.18. The SMILES string of the molecule is COc1c(C)cnc(CC(=O)CC2CCCC2)c1C.